The van der Waals surface area contributed by atoms with Crippen molar-refractivity contribution in [3.63, 3.8) is 0 Å². The second-order valence-corrected chi connectivity index (χ2v) is 15.0. The lowest BCUT2D eigenvalue weighted by molar-refractivity contribution is -0.137. The van der Waals surface area contributed by atoms with Gasteiger partial charge in [-0.05, 0) is 74.1 Å². The summed E-state index contributed by atoms with van der Waals surface area (Å²) in [7, 11) is -2.43. The lowest BCUT2D eigenvalue weighted by atomic mass is 10.1. The first-order valence-corrected chi connectivity index (χ1v) is 17.3. The van der Waals surface area contributed by atoms with Gasteiger partial charge in [-0.15, -0.1) is 0 Å². The Hall–Kier alpha value is -4.39. The number of ether oxygens (including phenoxy) is 1. The minimum Gasteiger partial charge on any atom is -0.491 e. The van der Waals surface area contributed by atoms with Gasteiger partial charge in [0.05, 0.1) is 34.6 Å². The van der Waals surface area contributed by atoms with Crippen LogP contribution < -0.4 is 25.0 Å². The molecule has 3 aromatic rings. The van der Waals surface area contributed by atoms with Crippen LogP contribution in [-0.4, -0.2) is 68.6 Å². The average Bonchev–Trinajstić information content (AvgIpc) is 3.79. The summed E-state index contributed by atoms with van der Waals surface area (Å²) in [5.41, 5.74) is -0.0401. The van der Waals surface area contributed by atoms with Crippen molar-refractivity contribution in [2.75, 3.05) is 36.4 Å². The van der Waals surface area contributed by atoms with Crippen LogP contribution in [0.5, 0.6) is 5.75 Å². The number of anilines is 2. The normalized spacial score (nSPS) is 17.1. The molecule has 2 aromatic carbocycles. The molecule has 0 aliphatic heterocycles. The molecule has 264 valence electrons. The second-order valence-electron chi connectivity index (χ2n) is 12.4. The lowest BCUT2D eigenvalue weighted by Crippen LogP contribution is -2.50. The van der Waals surface area contributed by atoms with Gasteiger partial charge in [0.25, 0.3) is 5.91 Å². The number of pyridine rings is 1. The maximum atomic E-state index is 13.7. The van der Waals surface area contributed by atoms with Gasteiger partial charge < -0.3 is 25.8 Å². The number of alkyl halides is 3. The van der Waals surface area contributed by atoms with E-state index in [0.717, 1.165) is 22.9 Å². The number of nitrogens with zero attached hydrogens (tertiary/aromatic N) is 3. The third kappa shape index (κ3) is 10.3. The molecule has 1 saturated carbocycles. The van der Waals surface area contributed by atoms with Crippen molar-refractivity contribution in [3.8, 4) is 11.8 Å². The summed E-state index contributed by atoms with van der Waals surface area (Å²) in [4.78, 5) is 18.2. The van der Waals surface area contributed by atoms with Crippen molar-refractivity contribution >= 4 is 27.6 Å². The zero-order valence-electron chi connectivity index (χ0n) is 27.7. The number of carbonyl (C=O) groups excluding carboxylic acids is 1. The van der Waals surface area contributed by atoms with Crippen molar-refractivity contribution < 1.29 is 36.2 Å². The minimum atomic E-state index is -4.50. The Labute approximate surface area is 284 Å². The van der Waals surface area contributed by atoms with E-state index in [2.05, 4.69) is 27.9 Å². The standard InChI is InChI=1S/C34H41F3N6O5S/c1-21(2)49(46,47)43(4)32-15-25(14-31(42-32)40-18-26-11-22(26)3)33(45)41-29(20-48-28-10-6-7-23(13-28)16-38)30(44)19-39-17-24-8-5-9-27(12-24)34(35,36)37/h5-10,12-15,21-22,26,29-30,39,44H,11,17-20H2,1-4H3,(H,40,42)(H,41,45)/t22-,26+,29-,30+/m0/s1. The number of hydrogen-bond donors (Lipinski definition) is 4. The number of amides is 1. The minimum absolute atomic E-state index is 0.00569. The van der Waals surface area contributed by atoms with Crippen molar-refractivity contribution in [1.29, 1.82) is 5.26 Å². The molecule has 0 spiro atoms. The number of sulfonamides is 1. The molecule has 11 nitrogen and oxygen atoms in total. The Morgan fingerprint density at radius 1 is 1.16 bits per heavy atom. The van der Waals surface area contributed by atoms with Crippen LogP contribution in [0.25, 0.3) is 0 Å². The van der Waals surface area contributed by atoms with Crippen LogP contribution in [0, 0.1) is 23.2 Å². The molecule has 0 bridgehead atoms. The molecule has 1 amide bonds. The van der Waals surface area contributed by atoms with Crippen LogP contribution in [0.2, 0.25) is 0 Å². The van der Waals surface area contributed by atoms with Crippen LogP contribution in [0.15, 0.2) is 60.7 Å². The van der Waals surface area contributed by atoms with Crippen LogP contribution in [0.1, 0.15) is 54.2 Å². The smallest absolute Gasteiger partial charge is 0.416 e. The first-order valence-electron chi connectivity index (χ1n) is 15.8. The molecule has 4 N–H and O–H groups in total. The molecule has 4 rings (SSSR count). The fourth-order valence-corrected chi connectivity index (χ4v) is 5.96. The molecule has 1 aliphatic carbocycles. The fraction of sp³-hybridized carbons (Fsp3) is 0.441. The van der Waals surface area contributed by atoms with Crippen molar-refractivity contribution in [2.24, 2.45) is 11.8 Å². The molecular formula is C34H41F3N6O5S. The van der Waals surface area contributed by atoms with Crippen molar-refractivity contribution in [2.45, 2.75) is 57.3 Å². The molecular weight excluding hydrogens is 661 g/mol. The Bertz CT molecular complexity index is 1770. The highest BCUT2D eigenvalue weighted by Crippen LogP contribution is 2.37. The van der Waals surface area contributed by atoms with Gasteiger partial charge in [0.15, 0.2) is 0 Å². The highest BCUT2D eigenvalue weighted by atomic mass is 32.2. The summed E-state index contributed by atoms with van der Waals surface area (Å²) < 4.78 is 72.3. The van der Waals surface area contributed by atoms with Gasteiger partial charge in [-0.1, -0.05) is 31.2 Å². The molecule has 1 fully saturated rings. The number of aliphatic hydroxyl groups is 1. The molecule has 1 heterocycles. The van der Waals surface area contributed by atoms with Gasteiger partial charge in [-0.25, -0.2) is 13.4 Å². The first kappa shape index (κ1) is 37.4. The Morgan fingerprint density at radius 2 is 1.88 bits per heavy atom. The maximum Gasteiger partial charge on any atom is 0.416 e. The summed E-state index contributed by atoms with van der Waals surface area (Å²) in [6.45, 7) is 5.42. The summed E-state index contributed by atoms with van der Waals surface area (Å²) in [6.07, 6.45) is -4.74. The number of aliphatic hydroxyl groups excluding tert-OH is 1. The third-order valence-corrected chi connectivity index (χ3v) is 10.4. The highest BCUT2D eigenvalue weighted by Gasteiger charge is 2.33. The largest absolute Gasteiger partial charge is 0.491 e. The van der Waals surface area contributed by atoms with E-state index >= 15 is 0 Å². The van der Waals surface area contributed by atoms with Gasteiger partial charge in [-0.2, -0.15) is 18.4 Å². The SMILES string of the molecule is CC(C)S(=O)(=O)N(C)c1cc(C(=O)N[C@@H](COc2cccc(C#N)c2)[C@H](O)CNCc2cccc(C(F)(F)F)c2)cc(NC[C@H]2C[C@@H]2C)n1. The molecule has 0 unspecified atom stereocenters. The predicted molar refractivity (Wildman–Crippen MR) is 180 cm³/mol. The van der Waals surface area contributed by atoms with E-state index in [1.807, 2.05) is 6.07 Å². The fourth-order valence-electron chi connectivity index (χ4n) is 4.97. The zero-order valence-corrected chi connectivity index (χ0v) is 28.5. The van der Waals surface area contributed by atoms with E-state index < -0.39 is 45.1 Å². The van der Waals surface area contributed by atoms with Crippen LogP contribution in [-0.2, 0) is 22.7 Å². The van der Waals surface area contributed by atoms with Gasteiger partial charge in [0.2, 0.25) is 10.0 Å². The predicted octanol–water partition coefficient (Wildman–Crippen LogP) is 4.54. The summed E-state index contributed by atoms with van der Waals surface area (Å²) in [5, 5.41) is 28.6. The van der Waals surface area contributed by atoms with E-state index in [-0.39, 0.29) is 31.1 Å². The summed E-state index contributed by atoms with van der Waals surface area (Å²) in [5.74, 6) is 0.961. The van der Waals surface area contributed by atoms with Crippen molar-refractivity contribution in [3.05, 3.63) is 82.9 Å². The number of nitrogens with one attached hydrogen (secondary N) is 3. The van der Waals surface area contributed by atoms with Crippen LogP contribution >= 0.6 is 0 Å². The number of rotatable bonds is 16. The van der Waals surface area contributed by atoms with Gasteiger partial charge in [-0.3, -0.25) is 9.10 Å². The topological polar surface area (TPSA) is 157 Å². The summed E-state index contributed by atoms with van der Waals surface area (Å²) >= 11 is 0. The van der Waals surface area contributed by atoms with Gasteiger partial charge in [0.1, 0.15) is 24.0 Å². The molecule has 0 saturated heterocycles. The van der Waals surface area contributed by atoms with E-state index in [1.165, 1.54) is 51.2 Å². The Kier molecular flexibility index (Phi) is 12.1. The number of benzene rings is 2. The van der Waals surface area contributed by atoms with E-state index in [4.69, 9.17) is 4.74 Å². The third-order valence-electron chi connectivity index (χ3n) is 8.31. The average molecular weight is 703 g/mol. The number of nitriles is 1. The number of carbonyl (C=O) groups is 1. The number of hydrogen-bond acceptors (Lipinski definition) is 9. The molecule has 4 atom stereocenters. The van der Waals surface area contributed by atoms with Crippen LogP contribution in [0.4, 0.5) is 24.8 Å². The molecule has 49 heavy (non-hydrogen) atoms. The molecule has 1 aliphatic rings. The van der Waals surface area contributed by atoms with Crippen LogP contribution in [0.3, 0.4) is 0 Å². The van der Waals surface area contributed by atoms with E-state index in [9.17, 15) is 36.8 Å². The zero-order chi connectivity index (χ0) is 35.9. The van der Waals surface area contributed by atoms with Gasteiger partial charge >= 0.3 is 6.18 Å². The number of aromatic nitrogens is 1. The Morgan fingerprint density at radius 3 is 2.53 bits per heavy atom. The monoisotopic (exact) mass is 702 g/mol. The second kappa shape index (κ2) is 15.9. The first-order chi connectivity index (χ1) is 23.1. The van der Waals surface area contributed by atoms with E-state index in [1.54, 1.807) is 18.2 Å². The molecule has 0 radical (unpaired) electrons. The highest BCUT2D eigenvalue weighted by molar-refractivity contribution is 7.93. The molecule has 1 aromatic heterocycles. The lowest BCUT2D eigenvalue weighted by Gasteiger charge is -2.26. The summed E-state index contributed by atoms with van der Waals surface area (Å²) in [6, 6.07) is 14.9. The number of halogens is 3. The van der Waals surface area contributed by atoms with Gasteiger partial charge in [0, 0.05) is 32.2 Å². The molecule has 15 heteroatoms. The maximum absolute atomic E-state index is 13.7. The van der Waals surface area contributed by atoms with E-state index in [0.29, 0.717) is 41.1 Å². The quantitative estimate of drug-likeness (QED) is 0.168. The Balaban J connectivity index is 1.55. The van der Waals surface area contributed by atoms with Crippen molar-refractivity contribution in [1.82, 2.24) is 15.6 Å².